The molecule has 2 saturated carbocycles. The molecule has 0 saturated heterocycles. The lowest BCUT2D eigenvalue weighted by atomic mass is 9.76. The largest absolute Gasteiger partial charge is 0.209 e. The number of benzene rings is 1. The highest BCUT2D eigenvalue weighted by atomic mass is 19.2. The molecule has 0 spiro atoms. The fourth-order valence-corrected chi connectivity index (χ4v) is 5.38. The van der Waals surface area contributed by atoms with Crippen molar-refractivity contribution in [2.45, 2.75) is 90.9 Å². The average molecular weight is 401 g/mol. The molecule has 0 radical (unpaired) electrons. The zero-order valence-corrected chi connectivity index (χ0v) is 18.5. The summed E-state index contributed by atoms with van der Waals surface area (Å²) >= 11 is 0. The normalized spacial score (nSPS) is 28.6. The van der Waals surface area contributed by atoms with Gasteiger partial charge in [0.1, 0.15) is 11.7 Å². The monoisotopic (exact) mass is 400 g/mol. The molecule has 1 aromatic rings. The van der Waals surface area contributed by atoms with Crippen molar-refractivity contribution in [3.63, 3.8) is 0 Å². The highest BCUT2D eigenvalue weighted by Crippen LogP contribution is 2.43. The number of rotatable bonds is 6. The molecule has 0 unspecified atom stereocenters. The topological polar surface area (TPSA) is 0 Å². The molecule has 2 aliphatic carbocycles. The fourth-order valence-electron chi connectivity index (χ4n) is 5.38. The summed E-state index contributed by atoms with van der Waals surface area (Å²) in [4.78, 5) is 0. The quantitative estimate of drug-likeness (QED) is 0.446. The van der Waals surface area contributed by atoms with E-state index in [1.807, 2.05) is 0 Å². The maximum atomic E-state index is 14.9. The van der Waals surface area contributed by atoms with Gasteiger partial charge in [-0.2, -0.15) is 0 Å². The van der Waals surface area contributed by atoms with Crippen molar-refractivity contribution in [3.05, 3.63) is 52.6 Å². The minimum absolute atomic E-state index is 0.163. The van der Waals surface area contributed by atoms with E-state index in [2.05, 4.69) is 51.1 Å². The molecule has 0 bridgehead atoms. The first-order valence-corrected chi connectivity index (χ1v) is 11.8. The Labute approximate surface area is 176 Å². The predicted octanol–water partition coefficient (Wildman–Crippen LogP) is 9.14. The molecule has 1 aromatic carbocycles. The van der Waals surface area contributed by atoms with E-state index in [4.69, 9.17) is 0 Å². The van der Waals surface area contributed by atoms with Crippen molar-refractivity contribution in [1.29, 1.82) is 0 Å². The van der Waals surface area contributed by atoms with Gasteiger partial charge in [-0.1, -0.05) is 55.7 Å². The number of hydrogen-bond acceptors (Lipinski definition) is 0. The molecule has 29 heavy (non-hydrogen) atoms. The van der Waals surface area contributed by atoms with Crippen LogP contribution in [0.15, 0.2) is 41.5 Å². The third kappa shape index (κ3) is 6.03. The van der Waals surface area contributed by atoms with Gasteiger partial charge in [0, 0.05) is 11.8 Å². The van der Waals surface area contributed by atoms with Crippen molar-refractivity contribution in [2.75, 3.05) is 0 Å². The summed E-state index contributed by atoms with van der Waals surface area (Å²) in [6.07, 6.45) is 11.9. The van der Waals surface area contributed by atoms with Crippen LogP contribution in [0.4, 0.5) is 8.78 Å². The van der Waals surface area contributed by atoms with E-state index in [0.717, 1.165) is 57.3 Å². The molecule has 160 valence electrons. The van der Waals surface area contributed by atoms with E-state index in [-0.39, 0.29) is 11.8 Å². The van der Waals surface area contributed by atoms with Crippen LogP contribution in [0.3, 0.4) is 0 Å². The second kappa shape index (κ2) is 10.5. The molecule has 0 heterocycles. The lowest BCUT2D eigenvalue weighted by Crippen LogP contribution is -2.19. The molecule has 3 rings (SSSR count). The first-order chi connectivity index (χ1) is 14.0. The lowest BCUT2D eigenvalue weighted by Gasteiger charge is -2.31. The Hall–Kier alpha value is -1.44. The van der Waals surface area contributed by atoms with Crippen molar-refractivity contribution < 1.29 is 8.78 Å². The Morgan fingerprint density at radius 3 is 1.83 bits per heavy atom. The summed E-state index contributed by atoms with van der Waals surface area (Å²) in [7, 11) is 0. The summed E-state index contributed by atoms with van der Waals surface area (Å²) in [6, 6.07) is 8.76. The molecule has 2 fully saturated rings. The fraction of sp³-hybridized carbons (Fsp3) is 0.630. The molecule has 0 amide bonds. The van der Waals surface area contributed by atoms with Crippen molar-refractivity contribution in [3.8, 4) is 0 Å². The van der Waals surface area contributed by atoms with E-state index < -0.39 is 11.7 Å². The van der Waals surface area contributed by atoms with Crippen LogP contribution < -0.4 is 0 Å². The Morgan fingerprint density at radius 2 is 1.34 bits per heavy atom. The van der Waals surface area contributed by atoms with E-state index in [1.54, 1.807) is 0 Å². The van der Waals surface area contributed by atoms with Crippen LogP contribution in [0, 0.1) is 17.8 Å². The molecule has 0 nitrogen and oxygen atoms in total. The van der Waals surface area contributed by atoms with Gasteiger partial charge in [-0.25, -0.2) is 8.78 Å². The van der Waals surface area contributed by atoms with Crippen LogP contribution in [0.1, 0.15) is 102 Å². The zero-order valence-electron chi connectivity index (χ0n) is 18.5. The average Bonchev–Trinajstić information content (AvgIpc) is 2.74. The maximum absolute atomic E-state index is 14.9. The molecule has 0 atom stereocenters. The SMILES string of the molecule is CCCC1CCC(/C(F)=C(\F)C2CCC(c3ccc(C=C(C)C)cc3)CC2)CC1. The van der Waals surface area contributed by atoms with Gasteiger partial charge in [0.2, 0.25) is 0 Å². The van der Waals surface area contributed by atoms with Crippen LogP contribution in [-0.2, 0) is 0 Å². The number of hydrogen-bond donors (Lipinski definition) is 0. The molecule has 0 aliphatic heterocycles. The van der Waals surface area contributed by atoms with Crippen LogP contribution in [-0.4, -0.2) is 0 Å². The highest BCUT2D eigenvalue weighted by molar-refractivity contribution is 5.52. The van der Waals surface area contributed by atoms with Crippen LogP contribution >= 0.6 is 0 Å². The van der Waals surface area contributed by atoms with Crippen molar-refractivity contribution in [2.24, 2.45) is 17.8 Å². The summed E-state index contributed by atoms with van der Waals surface area (Å²) in [6.45, 7) is 6.42. The van der Waals surface area contributed by atoms with Gasteiger partial charge >= 0.3 is 0 Å². The van der Waals surface area contributed by atoms with E-state index in [1.165, 1.54) is 29.5 Å². The molecule has 2 aliphatic rings. The van der Waals surface area contributed by atoms with Crippen LogP contribution in [0.25, 0.3) is 6.08 Å². The van der Waals surface area contributed by atoms with Gasteiger partial charge in [0.05, 0.1) is 0 Å². The minimum Gasteiger partial charge on any atom is -0.209 e. The minimum atomic E-state index is -0.415. The first kappa shape index (κ1) is 22.2. The van der Waals surface area contributed by atoms with Gasteiger partial charge in [-0.15, -0.1) is 0 Å². The first-order valence-electron chi connectivity index (χ1n) is 11.8. The molecule has 0 N–H and O–H groups in total. The molecular formula is C27H38F2. The standard InChI is InChI=1S/C27H38F2/c1-4-5-20-6-12-24(13-7-20)26(28)27(29)25-16-14-23(15-17-25)22-10-8-21(9-11-22)18-19(2)3/h8-11,18,20,23-25H,4-7,12-17H2,1-3H3/b27-26+. The third-order valence-electron chi connectivity index (χ3n) is 7.08. The number of halogens is 2. The second-order valence-electron chi connectivity index (χ2n) is 9.64. The Balaban J connectivity index is 1.54. The van der Waals surface area contributed by atoms with Gasteiger partial charge in [0.25, 0.3) is 0 Å². The summed E-state index contributed by atoms with van der Waals surface area (Å²) < 4.78 is 29.8. The summed E-state index contributed by atoms with van der Waals surface area (Å²) in [5.74, 6) is 0.0156. The zero-order chi connectivity index (χ0) is 20.8. The molecule has 0 aromatic heterocycles. The second-order valence-corrected chi connectivity index (χ2v) is 9.64. The Kier molecular flexibility index (Phi) is 8.09. The van der Waals surface area contributed by atoms with Crippen LogP contribution in [0.2, 0.25) is 0 Å². The van der Waals surface area contributed by atoms with Crippen molar-refractivity contribution >= 4 is 6.08 Å². The highest BCUT2D eigenvalue weighted by Gasteiger charge is 2.31. The van der Waals surface area contributed by atoms with E-state index >= 15 is 0 Å². The van der Waals surface area contributed by atoms with Gasteiger partial charge in [0.15, 0.2) is 0 Å². The van der Waals surface area contributed by atoms with E-state index in [0.29, 0.717) is 5.92 Å². The maximum Gasteiger partial charge on any atom is 0.135 e. The smallest absolute Gasteiger partial charge is 0.135 e. The predicted molar refractivity (Wildman–Crippen MR) is 120 cm³/mol. The summed E-state index contributed by atoms with van der Waals surface area (Å²) in [5, 5.41) is 0. The summed E-state index contributed by atoms with van der Waals surface area (Å²) in [5.41, 5.74) is 3.86. The third-order valence-corrected chi connectivity index (χ3v) is 7.08. The van der Waals surface area contributed by atoms with Crippen molar-refractivity contribution in [1.82, 2.24) is 0 Å². The van der Waals surface area contributed by atoms with Crippen LogP contribution in [0.5, 0.6) is 0 Å². The number of allylic oxidation sites excluding steroid dienone is 3. The van der Waals surface area contributed by atoms with Gasteiger partial charge in [-0.05, 0) is 88.2 Å². The lowest BCUT2D eigenvalue weighted by molar-refractivity contribution is 0.241. The van der Waals surface area contributed by atoms with Gasteiger partial charge in [-0.3, -0.25) is 0 Å². The van der Waals surface area contributed by atoms with E-state index in [9.17, 15) is 8.78 Å². The molecular weight excluding hydrogens is 362 g/mol. The Bertz CT molecular complexity index is 693. The Morgan fingerprint density at radius 1 is 0.828 bits per heavy atom. The molecule has 2 heteroatoms. The van der Waals surface area contributed by atoms with Gasteiger partial charge < -0.3 is 0 Å².